The van der Waals surface area contributed by atoms with Crippen molar-refractivity contribution in [2.24, 2.45) is 5.73 Å². The van der Waals surface area contributed by atoms with E-state index in [0.717, 1.165) is 25.9 Å². The molecule has 0 amide bonds. The van der Waals surface area contributed by atoms with Crippen molar-refractivity contribution in [3.63, 3.8) is 0 Å². The molecule has 0 saturated carbocycles. The first kappa shape index (κ1) is 12.6. The van der Waals surface area contributed by atoms with Gasteiger partial charge in [0, 0.05) is 6.61 Å². The van der Waals surface area contributed by atoms with Gasteiger partial charge in [-0.3, -0.25) is 0 Å². The fourth-order valence-electron chi connectivity index (χ4n) is 2.53. The van der Waals surface area contributed by atoms with Crippen molar-refractivity contribution < 1.29 is 4.74 Å². The smallest absolute Gasteiger partial charge is 0.0767 e. The molecular formula is C15H23NO. The third-order valence-electron chi connectivity index (χ3n) is 3.58. The van der Waals surface area contributed by atoms with Crippen LogP contribution in [-0.2, 0) is 11.2 Å². The highest BCUT2D eigenvalue weighted by atomic mass is 16.5. The van der Waals surface area contributed by atoms with Gasteiger partial charge >= 0.3 is 0 Å². The summed E-state index contributed by atoms with van der Waals surface area (Å²) < 4.78 is 5.95. The molecule has 0 heterocycles. The Labute approximate surface area is 104 Å². The first-order chi connectivity index (χ1) is 8.33. The SMILES string of the molecule is CCCCOC1CCCc2ccccc2C1N. The topological polar surface area (TPSA) is 35.2 Å². The first-order valence-electron chi connectivity index (χ1n) is 6.78. The van der Waals surface area contributed by atoms with Gasteiger partial charge in [-0.15, -0.1) is 0 Å². The normalized spacial score (nSPS) is 24.1. The number of fused-ring (bicyclic) bond motifs is 1. The zero-order valence-electron chi connectivity index (χ0n) is 10.7. The third-order valence-corrected chi connectivity index (χ3v) is 3.58. The summed E-state index contributed by atoms with van der Waals surface area (Å²) in [6.07, 6.45) is 5.91. The van der Waals surface area contributed by atoms with Crippen molar-refractivity contribution in [1.29, 1.82) is 0 Å². The Bertz CT molecular complexity index is 351. The highest BCUT2D eigenvalue weighted by Gasteiger charge is 2.24. The minimum Gasteiger partial charge on any atom is -0.376 e. The number of aryl methyl sites for hydroxylation is 1. The van der Waals surface area contributed by atoms with E-state index in [1.807, 2.05) is 0 Å². The van der Waals surface area contributed by atoms with Crippen LogP contribution in [0.2, 0.25) is 0 Å². The molecule has 0 saturated heterocycles. The van der Waals surface area contributed by atoms with Crippen molar-refractivity contribution in [1.82, 2.24) is 0 Å². The maximum atomic E-state index is 6.35. The van der Waals surface area contributed by atoms with E-state index in [1.54, 1.807) is 0 Å². The van der Waals surface area contributed by atoms with Gasteiger partial charge in [-0.05, 0) is 36.8 Å². The molecule has 2 atom stereocenters. The van der Waals surface area contributed by atoms with Crippen molar-refractivity contribution in [2.45, 2.75) is 51.2 Å². The number of hydrogen-bond donors (Lipinski definition) is 1. The van der Waals surface area contributed by atoms with E-state index in [9.17, 15) is 0 Å². The first-order valence-corrected chi connectivity index (χ1v) is 6.78. The molecule has 0 fully saturated rings. The molecule has 2 heteroatoms. The van der Waals surface area contributed by atoms with Crippen LogP contribution in [0.25, 0.3) is 0 Å². The van der Waals surface area contributed by atoms with Gasteiger partial charge < -0.3 is 10.5 Å². The summed E-state index contributed by atoms with van der Waals surface area (Å²) in [5, 5.41) is 0. The second-order valence-corrected chi connectivity index (χ2v) is 4.88. The molecule has 1 aromatic rings. The minimum atomic E-state index is 0.0468. The van der Waals surface area contributed by atoms with E-state index < -0.39 is 0 Å². The molecule has 0 spiro atoms. The molecule has 1 aliphatic rings. The van der Waals surface area contributed by atoms with Gasteiger partial charge in [-0.2, -0.15) is 0 Å². The van der Waals surface area contributed by atoms with Crippen LogP contribution in [0, 0.1) is 0 Å². The van der Waals surface area contributed by atoms with Crippen LogP contribution in [0.1, 0.15) is 49.8 Å². The molecule has 0 radical (unpaired) electrons. The lowest BCUT2D eigenvalue weighted by Gasteiger charge is -2.23. The summed E-state index contributed by atoms with van der Waals surface area (Å²) in [5.74, 6) is 0. The van der Waals surface area contributed by atoms with Gasteiger partial charge in [0.25, 0.3) is 0 Å². The monoisotopic (exact) mass is 233 g/mol. The highest BCUT2D eigenvalue weighted by Crippen LogP contribution is 2.29. The number of rotatable bonds is 4. The Morgan fingerprint density at radius 3 is 3.00 bits per heavy atom. The van der Waals surface area contributed by atoms with Crippen LogP contribution in [0.3, 0.4) is 0 Å². The summed E-state index contributed by atoms with van der Waals surface area (Å²) in [5.41, 5.74) is 9.04. The third kappa shape index (κ3) is 3.08. The number of ether oxygens (including phenoxy) is 1. The summed E-state index contributed by atoms with van der Waals surface area (Å²) in [6.45, 7) is 3.03. The van der Waals surface area contributed by atoms with Crippen molar-refractivity contribution in [3.8, 4) is 0 Å². The Kier molecular flexibility index (Phi) is 4.57. The maximum Gasteiger partial charge on any atom is 0.0767 e. The van der Waals surface area contributed by atoms with Gasteiger partial charge in [-0.1, -0.05) is 37.6 Å². The van der Waals surface area contributed by atoms with E-state index in [0.29, 0.717) is 0 Å². The highest BCUT2D eigenvalue weighted by molar-refractivity contribution is 5.31. The predicted octanol–water partition coefficient (Wildman–Crippen LogP) is 3.21. The van der Waals surface area contributed by atoms with E-state index in [4.69, 9.17) is 10.5 Å². The van der Waals surface area contributed by atoms with Crippen LogP contribution < -0.4 is 5.73 Å². The zero-order valence-corrected chi connectivity index (χ0v) is 10.7. The molecule has 2 unspecified atom stereocenters. The van der Waals surface area contributed by atoms with Gasteiger partial charge in [0.05, 0.1) is 12.1 Å². The lowest BCUT2D eigenvalue weighted by atomic mass is 9.98. The summed E-state index contributed by atoms with van der Waals surface area (Å²) >= 11 is 0. The van der Waals surface area contributed by atoms with Crippen LogP contribution in [-0.4, -0.2) is 12.7 Å². The van der Waals surface area contributed by atoms with Gasteiger partial charge in [0.1, 0.15) is 0 Å². The summed E-state index contributed by atoms with van der Waals surface area (Å²) in [7, 11) is 0. The van der Waals surface area contributed by atoms with Crippen molar-refractivity contribution >= 4 is 0 Å². The molecule has 0 aliphatic heterocycles. The van der Waals surface area contributed by atoms with Gasteiger partial charge in [0.15, 0.2) is 0 Å². The number of unbranched alkanes of at least 4 members (excludes halogenated alkanes) is 1. The molecule has 94 valence electrons. The van der Waals surface area contributed by atoms with Crippen LogP contribution in [0.15, 0.2) is 24.3 Å². The van der Waals surface area contributed by atoms with Crippen molar-refractivity contribution in [3.05, 3.63) is 35.4 Å². The maximum absolute atomic E-state index is 6.35. The second-order valence-electron chi connectivity index (χ2n) is 4.88. The molecular weight excluding hydrogens is 210 g/mol. The Morgan fingerprint density at radius 1 is 1.35 bits per heavy atom. The molecule has 1 aromatic carbocycles. The predicted molar refractivity (Wildman–Crippen MR) is 71.0 cm³/mol. The Balaban J connectivity index is 2.06. The summed E-state index contributed by atoms with van der Waals surface area (Å²) in [6, 6.07) is 8.58. The Hall–Kier alpha value is -0.860. The average Bonchev–Trinajstić information content (AvgIpc) is 2.51. The van der Waals surface area contributed by atoms with Gasteiger partial charge in [0.2, 0.25) is 0 Å². The fraction of sp³-hybridized carbons (Fsp3) is 0.600. The molecule has 2 nitrogen and oxygen atoms in total. The molecule has 0 aromatic heterocycles. The molecule has 2 rings (SSSR count). The quantitative estimate of drug-likeness (QED) is 0.640. The largest absolute Gasteiger partial charge is 0.376 e. The lowest BCUT2D eigenvalue weighted by molar-refractivity contribution is 0.0285. The minimum absolute atomic E-state index is 0.0468. The average molecular weight is 233 g/mol. The van der Waals surface area contributed by atoms with Crippen LogP contribution in [0.5, 0.6) is 0 Å². The molecule has 17 heavy (non-hydrogen) atoms. The van der Waals surface area contributed by atoms with Crippen LogP contribution in [0.4, 0.5) is 0 Å². The van der Waals surface area contributed by atoms with E-state index in [-0.39, 0.29) is 12.1 Å². The fourth-order valence-corrected chi connectivity index (χ4v) is 2.53. The number of nitrogens with two attached hydrogens (primary N) is 1. The van der Waals surface area contributed by atoms with E-state index >= 15 is 0 Å². The standard InChI is InChI=1S/C15H23NO/c1-2-3-11-17-14-10-6-8-12-7-4-5-9-13(12)15(14)16/h4-5,7,9,14-15H,2-3,6,8,10-11,16H2,1H3. The lowest BCUT2D eigenvalue weighted by Crippen LogP contribution is -2.28. The summed E-state index contributed by atoms with van der Waals surface area (Å²) in [4.78, 5) is 0. The Morgan fingerprint density at radius 2 is 2.18 bits per heavy atom. The van der Waals surface area contributed by atoms with Crippen LogP contribution >= 0.6 is 0 Å². The van der Waals surface area contributed by atoms with E-state index in [1.165, 1.54) is 24.0 Å². The number of benzene rings is 1. The number of hydrogen-bond acceptors (Lipinski definition) is 2. The zero-order chi connectivity index (χ0) is 12.1. The molecule has 1 aliphatic carbocycles. The second kappa shape index (κ2) is 6.18. The van der Waals surface area contributed by atoms with E-state index in [2.05, 4.69) is 31.2 Å². The molecule has 0 bridgehead atoms. The van der Waals surface area contributed by atoms with Gasteiger partial charge in [-0.25, -0.2) is 0 Å². The molecule has 2 N–H and O–H groups in total. The van der Waals surface area contributed by atoms with Crippen molar-refractivity contribution in [2.75, 3.05) is 6.61 Å².